The molecule has 1 N–H and O–H groups in total. The summed E-state index contributed by atoms with van der Waals surface area (Å²) in [7, 11) is 1.66. The molecular formula is C14H18F3NO. The molecule has 2 rings (SSSR count). The lowest BCUT2D eigenvalue weighted by Crippen LogP contribution is -2.25. The normalized spacial score (nSPS) is 18.5. The van der Waals surface area contributed by atoms with Crippen molar-refractivity contribution in [2.24, 2.45) is 5.92 Å². The van der Waals surface area contributed by atoms with Crippen molar-refractivity contribution in [1.29, 1.82) is 0 Å². The minimum absolute atomic E-state index is 0.0737. The van der Waals surface area contributed by atoms with Crippen LogP contribution < -0.4 is 5.32 Å². The molecule has 0 aliphatic carbocycles. The van der Waals surface area contributed by atoms with E-state index in [0.717, 1.165) is 25.0 Å². The second kappa shape index (κ2) is 6.39. The van der Waals surface area contributed by atoms with E-state index in [4.69, 9.17) is 4.74 Å². The third-order valence-electron chi connectivity index (χ3n) is 3.65. The molecule has 0 radical (unpaired) electrons. The Morgan fingerprint density at radius 2 is 1.79 bits per heavy atom. The standard InChI is InChI=1S/C14H18F3NO/c1-18-13(6-9-2-4-19-5-3-9)14-11(16)7-10(15)8-12(14)17/h7-9,13,18H,2-6H2,1H3. The maximum atomic E-state index is 13.8. The zero-order valence-electron chi connectivity index (χ0n) is 10.9. The summed E-state index contributed by atoms with van der Waals surface area (Å²) in [5.41, 5.74) is -0.0737. The van der Waals surface area contributed by atoms with Crippen LogP contribution in [0.5, 0.6) is 0 Å². The molecule has 106 valence electrons. The van der Waals surface area contributed by atoms with E-state index in [1.807, 2.05) is 0 Å². The van der Waals surface area contributed by atoms with Crippen molar-refractivity contribution in [3.8, 4) is 0 Å². The molecule has 1 aromatic carbocycles. The van der Waals surface area contributed by atoms with Crippen LogP contribution in [0.4, 0.5) is 13.2 Å². The van der Waals surface area contributed by atoms with Crippen LogP contribution >= 0.6 is 0 Å². The summed E-state index contributed by atoms with van der Waals surface area (Å²) in [6.07, 6.45) is 2.41. The van der Waals surface area contributed by atoms with E-state index in [0.29, 0.717) is 25.6 Å². The van der Waals surface area contributed by atoms with Gasteiger partial charge in [-0.05, 0) is 32.2 Å². The van der Waals surface area contributed by atoms with E-state index < -0.39 is 23.5 Å². The summed E-state index contributed by atoms with van der Waals surface area (Å²) in [5, 5.41) is 2.92. The predicted molar refractivity (Wildman–Crippen MR) is 66.3 cm³/mol. The fourth-order valence-electron chi connectivity index (χ4n) is 2.58. The van der Waals surface area contributed by atoms with E-state index in [2.05, 4.69) is 5.32 Å². The monoisotopic (exact) mass is 273 g/mol. The Balaban J connectivity index is 2.16. The molecule has 1 heterocycles. The second-order valence-electron chi connectivity index (χ2n) is 4.92. The Hall–Kier alpha value is -1.07. The van der Waals surface area contributed by atoms with Gasteiger partial charge in [-0.25, -0.2) is 13.2 Å². The summed E-state index contributed by atoms with van der Waals surface area (Å²) < 4.78 is 45.7. The molecule has 1 aliphatic heterocycles. The molecule has 0 spiro atoms. The van der Waals surface area contributed by atoms with Crippen molar-refractivity contribution < 1.29 is 17.9 Å². The molecule has 1 fully saturated rings. The van der Waals surface area contributed by atoms with Crippen molar-refractivity contribution in [3.05, 3.63) is 35.1 Å². The maximum absolute atomic E-state index is 13.8. The number of nitrogens with one attached hydrogen (secondary N) is 1. The third-order valence-corrected chi connectivity index (χ3v) is 3.65. The van der Waals surface area contributed by atoms with Gasteiger partial charge in [0, 0.05) is 37.0 Å². The van der Waals surface area contributed by atoms with Gasteiger partial charge in [0.15, 0.2) is 0 Å². The lowest BCUT2D eigenvalue weighted by molar-refractivity contribution is 0.0605. The molecular weight excluding hydrogens is 255 g/mol. The first-order chi connectivity index (χ1) is 9.11. The first-order valence-corrected chi connectivity index (χ1v) is 6.51. The third kappa shape index (κ3) is 3.48. The van der Waals surface area contributed by atoms with E-state index in [-0.39, 0.29) is 5.56 Å². The summed E-state index contributed by atoms with van der Waals surface area (Å²) >= 11 is 0. The van der Waals surface area contributed by atoms with Crippen LogP contribution in [0.25, 0.3) is 0 Å². The Bertz CT molecular complexity index is 410. The number of ether oxygens (including phenoxy) is 1. The highest BCUT2D eigenvalue weighted by molar-refractivity contribution is 5.24. The molecule has 1 unspecified atom stereocenters. The SMILES string of the molecule is CNC(CC1CCOCC1)c1c(F)cc(F)cc1F. The Kier molecular flexibility index (Phi) is 4.82. The minimum atomic E-state index is -0.889. The maximum Gasteiger partial charge on any atom is 0.133 e. The topological polar surface area (TPSA) is 21.3 Å². The molecule has 5 heteroatoms. The highest BCUT2D eigenvalue weighted by Crippen LogP contribution is 2.30. The molecule has 0 saturated carbocycles. The van der Waals surface area contributed by atoms with E-state index in [9.17, 15) is 13.2 Å². The van der Waals surface area contributed by atoms with Crippen LogP contribution in [-0.4, -0.2) is 20.3 Å². The van der Waals surface area contributed by atoms with Crippen LogP contribution in [0.1, 0.15) is 30.9 Å². The number of benzene rings is 1. The fraction of sp³-hybridized carbons (Fsp3) is 0.571. The first kappa shape index (κ1) is 14.3. The Labute approximate surface area is 111 Å². The van der Waals surface area contributed by atoms with Crippen molar-refractivity contribution in [2.45, 2.75) is 25.3 Å². The molecule has 1 aromatic rings. The number of halogens is 3. The smallest absolute Gasteiger partial charge is 0.133 e. The summed E-state index contributed by atoms with van der Waals surface area (Å²) in [6, 6.07) is 1.02. The Morgan fingerprint density at radius 1 is 1.21 bits per heavy atom. The lowest BCUT2D eigenvalue weighted by Gasteiger charge is -2.27. The predicted octanol–water partition coefficient (Wildman–Crippen LogP) is 3.18. The van der Waals surface area contributed by atoms with Crippen molar-refractivity contribution in [3.63, 3.8) is 0 Å². The average Bonchev–Trinajstić information content (AvgIpc) is 2.37. The van der Waals surface area contributed by atoms with Crippen LogP contribution in [0, 0.1) is 23.4 Å². The molecule has 2 nitrogen and oxygen atoms in total. The van der Waals surface area contributed by atoms with Crippen LogP contribution in [0.3, 0.4) is 0 Å². The quantitative estimate of drug-likeness (QED) is 0.909. The fourth-order valence-corrected chi connectivity index (χ4v) is 2.58. The van der Waals surface area contributed by atoms with Gasteiger partial charge in [-0.1, -0.05) is 0 Å². The molecule has 0 aromatic heterocycles. The van der Waals surface area contributed by atoms with E-state index in [1.165, 1.54) is 0 Å². The van der Waals surface area contributed by atoms with Crippen LogP contribution in [0.2, 0.25) is 0 Å². The zero-order chi connectivity index (χ0) is 13.8. The highest BCUT2D eigenvalue weighted by Gasteiger charge is 2.24. The van der Waals surface area contributed by atoms with Crippen molar-refractivity contribution >= 4 is 0 Å². The zero-order valence-corrected chi connectivity index (χ0v) is 10.9. The van der Waals surface area contributed by atoms with Gasteiger partial charge in [-0.15, -0.1) is 0 Å². The lowest BCUT2D eigenvalue weighted by atomic mass is 9.89. The summed E-state index contributed by atoms with van der Waals surface area (Å²) in [6.45, 7) is 1.38. The van der Waals surface area contributed by atoms with Gasteiger partial charge in [-0.2, -0.15) is 0 Å². The molecule has 0 bridgehead atoms. The van der Waals surface area contributed by atoms with Gasteiger partial charge in [0.05, 0.1) is 0 Å². The van der Waals surface area contributed by atoms with Gasteiger partial charge in [-0.3, -0.25) is 0 Å². The van der Waals surface area contributed by atoms with Crippen LogP contribution in [-0.2, 0) is 4.74 Å². The largest absolute Gasteiger partial charge is 0.381 e. The Morgan fingerprint density at radius 3 is 2.32 bits per heavy atom. The second-order valence-corrected chi connectivity index (χ2v) is 4.92. The van der Waals surface area contributed by atoms with Gasteiger partial charge >= 0.3 is 0 Å². The van der Waals surface area contributed by atoms with Gasteiger partial charge in [0.25, 0.3) is 0 Å². The number of hydrogen-bond acceptors (Lipinski definition) is 2. The van der Waals surface area contributed by atoms with E-state index in [1.54, 1.807) is 7.05 Å². The highest BCUT2D eigenvalue weighted by atomic mass is 19.1. The van der Waals surface area contributed by atoms with Gasteiger partial charge < -0.3 is 10.1 Å². The molecule has 1 aliphatic rings. The minimum Gasteiger partial charge on any atom is -0.381 e. The number of rotatable bonds is 4. The summed E-state index contributed by atoms with van der Waals surface area (Å²) in [5.74, 6) is -2.18. The molecule has 1 atom stereocenters. The molecule has 19 heavy (non-hydrogen) atoms. The first-order valence-electron chi connectivity index (χ1n) is 6.51. The number of hydrogen-bond donors (Lipinski definition) is 1. The summed E-state index contributed by atoms with van der Waals surface area (Å²) in [4.78, 5) is 0. The molecule has 1 saturated heterocycles. The average molecular weight is 273 g/mol. The van der Waals surface area contributed by atoms with E-state index >= 15 is 0 Å². The van der Waals surface area contributed by atoms with Crippen LogP contribution in [0.15, 0.2) is 12.1 Å². The van der Waals surface area contributed by atoms with Gasteiger partial charge in [0.1, 0.15) is 17.5 Å². The molecule has 0 amide bonds. The van der Waals surface area contributed by atoms with Crippen molar-refractivity contribution in [2.75, 3.05) is 20.3 Å². The van der Waals surface area contributed by atoms with Gasteiger partial charge in [0.2, 0.25) is 0 Å². The van der Waals surface area contributed by atoms with Crippen molar-refractivity contribution in [1.82, 2.24) is 5.32 Å².